The molecule has 0 atom stereocenters. The standard InChI is InChI=1S/C16H23N3/c1-17-13-15-6-4-5-14-7-10-19(16(14)15)12-11-18-8-2-3-9-18/h4-7,10,17H,2-3,8-9,11-13H2,1H3. The van der Waals surface area contributed by atoms with Gasteiger partial charge >= 0.3 is 0 Å². The highest BCUT2D eigenvalue weighted by molar-refractivity contribution is 5.83. The van der Waals surface area contributed by atoms with Crippen molar-refractivity contribution in [3.63, 3.8) is 0 Å². The van der Waals surface area contributed by atoms with Gasteiger partial charge in [0, 0.05) is 25.8 Å². The van der Waals surface area contributed by atoms with Crippen LogP contribution in [0.25, 0.3) is 10.9 Å². The fourth-order valence-corrected chi connectivity index (χ4v) is 3.12. The normalized spacial score (nSPS) is 16.5. The van der Waals surface area contributed by atoms with Crippen LogP contribution in [0.5, 0.6) is 0 Å². The Morgan fingerprint density at radius 2 is 1.95 bits per heavy atom. The average Bonchev–Trinajstić information content (AvgIpc) is 3.06. The Bertz CT molecular complexity index is 538. The third-order valence-electron chi connectivity index (χ3n) is 4.10. The number of nitrogens with one attached hydrogen (secondary N) is 1. The highest BCUT2D eigenvalue weighted by Gasteiger charge is 2.12. The Morgan fingerprint density at radius 1 is 1.11 bits per heavy atom. The van der Waals surface area contributed by atoms with E-state index in [9.17, 15) is 0 Å². The zero-order chi connectivity index (χ0) is 13.1. The molecule has 1 fully saturated rings. The van der Waals surface area contributed by atoms with Crippen LogP contribution >= 0.6 is 0 Å². The van der Waals surface area contributed by atoms with E-state index in [0.29, 0.717) is 0 Å². The van der Waals surface area contributed by atoms with Gasteiger partial charge in [0.05, 0.1) is 5.52 Å². The Kier molecular flexibility index (Phi) is 3.85. The molecule has 0 saturated carbocycles. The lowest BCUT2D eigenvalue weighted by molar-refractivity contribution is 0.324. The molecule has 2 aromatic rings. The molecule has 1 N–H and O–H groups in total. The predicted octanol–water partition coefficient (Wildman–Crippen LogP) is 2.46. The molecule has 0 aliphatic carbocycles. The first-order chi connectivity index (χ1) is 9.38. The Labute approximate surface area is 115 Å². The monoisotopic (exact) mass is 257 g/mol. The van der Waals surface area contributed by atoms with Crippen molar-refractivity contribution in [2.75, 3.05) is 26.7 Å². The molecule has 0 unspecified atom stereocenters. The first-order valence-electron chi connectivity index (χ1n) is 7.32. The van der Waals surface area contributed by atoms with Gasteiger partial charge in [-0.3, -0.25) is 0 Å². The summed E-state index contributed by atoms with van der Waals surface area (Å²) in [5.74, 6) is 0. The van der Waals surface area contributed by atoms with Gasteiger partial charge in [-0.15, -0.1) is 0 Å². The summed E-state index contributed by atoms with van der Waals surface area (Å²) in [7, 11) is 2.01. The van der Waals surface area contributed by atoms with Gasteiger partial charge < -0.3 is 14.8 Å². The van der Waals surface area contributed by atoms with E-state index in [1.54, 1.807) is 0 Å². The largest absolute Gasteiger partial charge is 0.346 e. The van der Waals surface area contributed by atoms with Gasteiger partial charge in [-0.05, 0) is 50.0 Å². The fourth-order valence-electron chi connectivity index (χ4n) is 3.12. The van der Waals surface area contributed by atoms with Crippen LogP contribution < -0.4 is 5.32 Å². The lowest BCUT2D eigenvalue weighted by atomic mass is 10.1. The summed E-state index contributed by atoms with van der Waals surface area (Å²) < 4.78 is 2.42. The van der Waals surface area contributed by atoms with E-state index in [-0.39, 0.29) is 0 Å². The molecule has 1 aromatic carbocycles. The van der Waals surface area contributed by atoms with Gasteiger partial charge in [0.2, 0.25) is 0 Å². The second kappa shape index (κ2) is 5.76. The van der Waals surface area contributed by atoms with E-state index < -0.39 is 0 Å². The molecule has 19 heavy (non-hydrogen) atoms. The van der Waals surface area contributed by atoms with Gasteiger partial charge in [-0.1, -0.05) is 18.2 Å². The van der Waals surface area contributed by atoms with Crippen molar-refractivity contribution in [2.45, 2.75) is 25.9 Å². The number of hydrogen-bond acceptors (Lipinski definition) is 2. The molecule has 1 saturated heterocycles. The highest BCUT2D eigenvalue weighted by Crippen LogP contribution is 2.20. The predicted molar refractivity (Wildman–Crippen MR) is 80.4 cm³/mol. The molecule has 0 spiro atoms. The number of aromatic nitrogens is 1. The third kappa shape index (κ3) is 2.67. The molecule has 1 aromatic heterocycles. The van der Waals surface area contributed by atoms with Gasteiger partial charge in [0.25, 0.3) is 0 Å². The molecule has 102 valence electrons. The number of para-hydroxylation sites is 1. The average molecular weight is 257 g/mol. The maximum absolute atomic E-state index is 3.27. The Hall–Kier alpha value is -1.32. The van der Waals surface area contributed by atoms with Crippen molar-refractivity contribution < 1.29 is 0 Å². The molecule has 3 nitrogen and oxygen atoms in total. The lowest BCUT2D eigenvalue weighted by Crippen LogP contribution is -2.24. The molecule has 3 rings (SSSR count). The lowest BCUT2D eigenvalue weighted by Gasteiger charge is -2.16. The molecule has 0 bridgehead atoms. The van der Waals surface area contributed by atoms with E-state index in [2.05, 4.69) is 45.2 Å². The second-order valence-electron chi connectivity index (χ2n) is 5.44. The quantitative estimate of drug-likeness (QED) is 0.888. The highest BCUT2D eigenvalue weighted by atomic mass is 15.2. The zero-order valence-electron chi connectivity index (χ0n) is 11.7. The topological polar surface area (TPSA) is 20.2 Å². The molecule has 0 radical (unpaired) electrons. The molecular formula is C16H23N3. The van der Waals surface area contributed by atoms with Gasteiger partial charge in [0.15, 0.2) is 0 Å². The summed E-state index contributed by atoms with van der Waals surface area (Å²) in [4.78, 5) is 2.58. The Balaban J connectivity index is 1.81. The summed E-state index contributed by atoms with van der Waals surface area (Å²) >= 11 is 0. The summed E-state index contributed by atoms with van der Waals surface area (Å²) in [5, 5.41) is 4.62. The van der Waals surface area contributed by atoms with E-state index >= 15 is 0 Å². The van der Waals surface area contributed by atoms with Crippen LogP contribution in [0.1, 0.15) is 18.4 Å². The molecule has 2 heterocycles. The molecule has 1 aliphatic rings. The van der Waals surface area contributed by atoms with Crippen LogP contribution in [0.15, 0.2) is 30.5 Å². The van der Waals surface area contributed by atoms with Crippen LogP contribution in [0.3, 0.4) is 0 Å². The van der Waals surface area contributed by atoms with Crippen LogP contribution in [-0.4, -0.2) is 36.1 Å². The zero-order valence-corrected chi connectivity index (χ0v) is 11.7. The third-order valence-corrected chi connectivity index (χ3v) is 4.10. The number of hydrogen-bond donors (Lipinski definition) is 1. The van der Waals surface area contributed by atoms with E-state index in [4.69, 9.17) is 0 Å². The number of likely N-dealkylation sites (tertiary alicyclic amines) is 1. The van der Waals surface area contributed by atoms with Crippen molar-refractivity contribution in [3.05, 3.63) is 36.0 Å². The van der Waals surface area contributed by atoms with Gasteiger partial charge in [0.1, 0.15) is 0 Å². The fraction of sp³-hybridized carbons (Fsp3) is 0.500. The summed E-state index contributed by atoms with van der Waals surface area (Å²) in [6.07, 6.45) is 4.98. The number of nitrogens with zero attached hydrogens (tertiary/aromatic N) is 2. The second-order valence-corrected chi connectivity index (χ2v) is 5.44. The van der Waals surface area contributed by atoms with E-state index in [1.165, 1.54) is 48.9 Å². The van der Waals surface area contributed by atoms with Crippen LogP contribution in [0, 0.1) is 0 Å². The van der Waals surface area contributed by atoms with Crippen molar-refractivity contribution in [1.29, 1.82) is 0 Å². The molecule has 1 aliphatic heterocycles. The smallest absolute Gasteiger partial charge is 0.0526 e. The molecule has 0 amide bonds. The minimum atomic E-state index is 0.936. The molecule has 3 heteroatoms. The van der Waals surface area contributed by atoms with Gasteiger partial charge in [-0.2, -0.15) is 0 Å². The van der Waals surface area contributed by atoms with Crippen molar-refractivity contribution in [1.82, 2.24) is 14.8 Å². The van der Waals surface area contributed by atoms with Crippen molar-refractivity contribution in [3.8, 4) is 0 Å². The number of benzene rings is 1. The summed E-state index contributed by atoms with van der Waals surface area (Å²) in [6, 6.07) is 8.82. The summed E-state index contributed by atoms with van der Waals surface area (Å²) in [6.45, 7) is 5.78. The van der Waals surface area contributed by atoms with Gasteiger partial charge in [-0.25, -0.2) is 0 Å². The summed E-state index contributed by atoms with van der Waals surface area (Å²) in [5.41, 5.74) is 2.79. The number of rotatable bonds is 5. The van der Waals surface area contributed by atoms with Crippen LogP contribution in [-0.2, 0) is 13.1 Å². The SMILES string of the molecule is CNCc1cccc2ccn(CCN3CCCC3)c12. The first kappa shape index (κ1) is 12.7. The van der Waals surface area contributed by atoms with Crippen molar-refractivity contribution in [2.24, 2.45) is 0 Å². The Morgan fingerprint density at radius 3 is 2.74 bits per heavy atom. The minimum absolute atomic E-state index is 0.936. The first-order valence-corrected chi connectivity index (χ1v) is 7.32. The minimum Gasteiger partial charge on any atom is -0.346 e. The molecular weight excluding hydrogens is 234 g/mol. The van der Waals surface area contributed by atoms with Crippen LogP contribution in [0.2, 0.25) is 0 Å². The number of fused-ring (bicyclic) bond motifs is 1. The van der Waals surface area contributed by atoms with Crippen LogP contribution in [0.4, 0.5) is 0 Å². The van der Waals surface area contributed by atoms with E-state index in [1.807, 2.05) is 7.05 Å². The van der Waals surface area contributed by atoms with E-state index in [0.717, 1.165) is 13.1 Å². The maximum atomic E-state index is 3.27. The maximum Gasteiger partial charge on any atom is 0.0526 e. The van der Waals surface area contributed by atoms with Crippen molar-refractivity contribution >= 4 is 10.9 Å².